The van der Waals surface area contributed by atoms with Crippen molar-refractivity contribution in [2.24, 2.45) is 17.3 Å². The van der Waals surface area contributed by atoms with Gasteiger partial charge in [0.25, 0.3) is 0 Å². The van der Waals surface area contributed by atoms with Crippen molar-refractivity contribution in [1.29, 1.82) is 0 Å². The first-order valence-electron chi connectivity index (χ1n) is 26.8. The van der Waals surface area contributed by atoms with Gasteiger partial charge in [0.1, 0.15) is 0 Å². The second-order valence-corrected chi connectivity index (χ2v) is 26.4. The minimum absolute atomic E-state index is 0.00466. The van der Waals surface area contributed by atoms with Crippen molar-refractivity contribution >= 4 is 49.2 Å². The van der Waals surface area contributed by atoms with Crippen LogP contribution < -0.4 is 10.7 Å². The van der Waals surface area contributed by atoms with Gasteiger partial charge in [-0.1, -0.05) is 25.7 Å². The van der Waals surface area contributed by atoms with E-state index >= 15 is 0 Å². The molecule has 3 fully saturated rings. The molecular weight excluding hydrogens is 1080 g/mol. The van der Waals surface area contributed by atoms with Crippen LogP contribution in [0.25, 0.3) is 33.3 Å². The third kappa shape index (κ3) is 11.8. The van der Waals surface area contributed by atoms with Crippen molar-refractivity contribution in [2.75, 3.05) is 54.1 Å². The minimum Gasteiger partial charge on any atom is -0.0563 e. The summed E-state index contributed by atoms with van der Waals surface area (Å²) >= 11 is -2.85. The number of phenols is 1. The predicted octanol–water partition coefficient (Wildman–Crippen LogP) is 8.90. The molecule has 4 aliphatic rings. The van der Waals surface area contributed by atoms with E-state index in [4.69, 9.17) is 17.5 Å². The number of hydrazine groups is 2. The number of rotatable bonds is 11. The molecular formula is C59H74IN8O8+. The third-order valence-corrected chi connectivity index (χ3v) is 20.4. The van der Waals surface area contributed by atoms with Gasteiger partial charge < -0.3 is 14.2 Å². The molecule has 16 nitrogen and oxygen atoms in total. The summed E-state index contributed by atoms with van der Waals surface area (Å²) in [6.45, 7) is 15.5. The van der Waals surface area contributed by atoms with Crippen LogP contribution in [0.5, 0.6) is 5.75 Å². The molecule has 6 atom stereocenters. The number of phenolic OH excluding ortho intramolecular Hbond substituents is 1. The number of pyridine rings is 1. The number of benzene rings is 3. The summed E-state index contributed by atoms with van der Waals surface area (Å²) < 4.78 is 21.5. The number of hydrogen-bond donors (Lipinski definition) is 3. The van der Waals surface area contributed by atoms with E-state index in [0.29, 0.717) is 38.0 Å². The molecule has 76 heavy (non-hydrogen) atoms. The number of ether oxygens (including phenoxy) is 2. The standard InChI is InChI=1S/C59H73IN8O8/c1-10-66-52-21-20-43-32-46(52)48(55(66)47-29-40(34-61-53(47)38(4)74-9)19-18-39-22-25-64(7)35-39)33-59(5,6)36-75-58(72)50-17-14-24-67(63-50)57(71)51(30-41-27-44(43)31-45(69)28-41)62-56(70)54(37(2)3)65(8)68(73)60-49(23-26-76-60)42-15-12-11-13-16-42/h11-13,15-16,20-21,27-29,31-32,34,37-39,49-51,54,63H,10,14,17,22-26,30,33,35-36H2,1-9H3,(H-,62,69,70)/p+1/t38-,39-,49+,50?,51-,54-/m0/s1. The number of alkyl halides is 1. The van der Waals surface area contributed by atoms with Gasteiger partial charge in [0, 0.05) is 59.8 Å². The number of cyclic esters (lactones) is 1. The molecule has 6 heterocycles. The van der Waals surface area contributed by atoms with Crippen molar-refractivity contribution in [3.05, 3.63) is 112 Å². The molecule has 6 bridgehead atoms. The summed E-state index contributed by atoms with van der Waals surface area (Å²) in [5, 5.41) is 18.4. The van der Waals surface area contributed by atoms with Crippen LogP contribution in [0.1, 0.15) is 105 Å². The number of nitrogens with zero attached hydrogens (tertiary/aromatic N) is 6. The second-order valence-electron chi connectivity index (χ2n) is 22.0. The average molecular weight is 1150 g/mol. The fourth-order valence-electron chi connectivity index (χ4n) is 11.3. The number of hydrogen-bond acceptors (Lipinski definition) is 11. The number of likely N-dealkylation sites (tertiary alicyclic amines) is 1. The Morgan fingerprint density at radius 1 is 1.05 bits per heavy atom. The number of esters is 1. The van der Waals surface area contributed by atoms with E-state index in [-0.39, 0.29) is 47.2 Å². The zero-order valence-corrected chi connectivity index (χ0v) is 47.6. The van der Waals surface area contributed by atoms with Gasteiger partial charge in [-0.15, -0.1) is 0 Å². The van der Waals surface area contributed by atoms with E-state index in [1.807, 2.05) is 69.4 Å². The molecule has 3 saturated heterocycles. The van der Waals surface area contributed by atoms with E-state index in [9.17, 15) is 24.4 Å². The Balaban J connectivity index is 1.12. The topological polar surface area (TPSA) is 171 Å². The number of aromatic hydroxyl groups is 1. The first-order valence-corrected chi connectivity index (χ1v) is 29.9. The van der Waals surface area contributed by atoms with Gasteiger partial charge in [0.15, 0.2) is 0 Å². The third-order valence-electron chi connectivity index (χ3n) is 15.2. The monoisotopic (exact) mass is 1150 g/mol. The Labute approximate surface area is 455 Å². The van der Waals surface area contributed by atoms with Crippen molar-refractivity contribution in [1.82, 2.24) is 35.2 Å². The Bertz CT molecular complexity index is 3040. The molecule has 0 spiro atoms. The zero-order chi connectivity index (χ0) is 54.0. The SMILES string of the molecule is CCn1c(-c2cc(C#C[C@H]3CCN(C)C3)cnc2[C@H](C)OC)c2c3cc(ccc31)-c1cc(O)cc(c1)C[C@H](NC(=O)[C@H](C(C)C)N(C)[N+](=O)I1OCC[C@@H]1c1ccccc1)C(=O)N1CCCC(N1)C(=O)OCC(C)(C)C2. The van der Waals surface area contributed by atoms with Gasteiger partial charge in [-0.05, 0) is 58.0 Å². The number of halogens is 1. The number of aromatic nitrogens is 2. The number of aryl methyl sites for hydroxylation is 1. The Morgan fingerprint density at radius 3 is 2.57 bits per heavy atom. The van der Waals surface area contributed by atoms with Gasteiger partial charge in [-0.2, -0.15) is 0 Å². The number of carbonyl (C=O) groups excluding carboxylic acids is 3. The van der Waals surface area contributed by atoms with E-state index in [1.165, 1.54) is 10.0 Å². The van der Waals surface area contributed by atoms with Crippen LogP contribution in [-0.2, 0) is 46.3 Å². The van der Waals surface area contributed by atoms with E-state index in [2.05, 4.69) is 78.1 Å². The summed E-state index contributed by atoms with van der Waals surface area (Å²) in [6.07, 6.45) is 4.70. The first kappa shape index (κ1) is 54.9. The van der Waals surface area contributed by atoms with Crippen LogP contribution in [-0.4, -0.2) is 123 Å². The van der Waals surface area contributed by atoms with Gasteiger partial charge in [-0.3, -0.25) is 4.98 Å². The maximum absolute atomic E-state index is 14.9. The molecule has 9 rings (SSSR count). The summed E-state index contributed by atoms with van der Waals surface area (Å²) in [6, 6.07) is 20.7. The molecule has 2 aromatic heterocycles. The quantitative estimate of drug-likeness (QED) is 0.0287. The van der Waals surface area contributed by atoms with Gasteiger partial charge >= 0.3 is 271 Å². The van der Waals surface area contributed by atoms with Crippen LogP contribution >= 0.6 is 20.5 Å². The Hall–Kier alpha value is -5.91. The van der Waals surface area contributed by atoms with Crippen LogP contribution in [0.2, 0.25) is 0 Å². The summed E-state index contributed by atoms with van der Waals surface area (Å²) in [5.74, 6) is 5.48. The normalized spacial score (nSPS) is 22.4. The van der Waals surface area contributed by atoms with Crippen molar-refractivity contribution < 1.29 is 35.1 Å². The number of nitroso groups, excluding NO2 is 1. The number of amides is 2. The van der Waals surface area contributed by atoms with Crippen LogP contribution in [0.3, 0.4) is 0 Å². The van der Waals surface area contributed by atoms with Gasteiger partial charge in [0.05, 0.1) is 24.1 Å². The zero-order valence-electron chi connectivity index (χ0n) is 45.4. The number of likely N-dealkylation sites (N-methyl/N-ethyl adjacent to an activating group) is 1. The Morgan fingerprint density at radius 2 is 1.84 bits per heavy atom. The van der Waals surface area contributed by atoms with Crippen molar-refractivity contribution in [3.8, 4) is 40.0 Å². The Kier molecular flexibility index (Phi) is 16.9. The van der Waals surface area contributed by atoms with E-state index in [1.54, 1.807) is 26.3 Å². The fraction of sp³-hybridized carbons (Fsp3) is 0.492. The van der Waals surface area contributed by atoms with Crippen LogP contribution in [0.4, 0.5) is 0 Å². The van der Waals surface area contributed by atoms with E-state index in [0.717, 1.165) is 84.7 Å². The van der Waals surface area contributed by atoms with Crippen molar-refractivity contribution in [3.63, 3.8) is 0 Å². The number of fused-ring (bicyclic) bond motifs is 6. The average Bonchev–Trinajstić information content (AvgIpc) is 4.18. The number of methoxy groups -OCH3 is 1. The summed E-state index contributed by atoms with van der Waals surface area (Å²) in [7, 11) is 5.43. The fourth-order valence-corrected chi connectivity index (χ4v) is 16.0. The molecule has 0 aliphatic carbocycles. The maximum atomic E-state index is 14.9. The molecule has 5 aromatic rings. The van der Waals surface area contributed by atoms with Crippen LogP contribution in [0.15, 0.2) is 79.0 Å². The van der Waals surface area contributed by atoms with Crippen molar-refractivity contribution in [2.45, 2.75) is 115 Å². The molecule has 17 heteroatoms. The molecule has 404 valence electrons. The molecule has 1 unspecified atom stereocenters. The second kappa shape index (κ2) is 23.4. The van der Waals surface area contributed by atoms with Crippen LogP contribution in [0, 0.1) is 34.0 Å². The summed E-state index contributed by atoms with van der Waals surface area (Å²) in [4.78, 5) is 65.6. The number of nitrogens with one attached hydrogen (secondary N) is 2. The summed E-state index contributed by atoms with van der Waals surface area (Å²) in [5.41, 5.74) is 11.3. The predicted molar refractivity (Wildman–Crippen MR) is 302 cm³/mol. The number of carbonyl (C=O) groups is 3. The molecule has 4 aliphatic heterocycles. The molecule has 2 amide bonds. The minimum atomic E-state index is -2.85. The molecule has 3 aromatic carbocycles. The first-order chi connectivity index (χ1) is 36.4. The molecule has 3 N–H and O–H groups in total. The van der Waals surface area contributed by atoms with Gasteiger partial charge in [0.2, 0.25) is 0 Å². The molecule has 0 saturated carbocycles. The van der Waals surface area contributed by atoms with E-state index < -0.39 is 61.8 Å². The molecule has 0 radical (unpaired) electrons. The smallest absolute Gasteiger partial charge is 0.0563 e. The van der Waals surface area contributed by atoms with Gasteiger partial charge in [-0.25, -0.2) is 0 Å².